The summed E-state index contributed by atoms with van der Waals surface area (Å²) in [6.07, 6.45) is 1.70. The number of hydrogen-bond acceptors (Lipinski definition) is 5. The highest BCUT2D eigenvalue weighted by molar-refractivity contribution is 5.97. The predicted octanol–water partition coefficient (Wildman–Crippen LogP) is 1.96. The van der Waals surface area contributed by atoms with E-state index in [9.17, 15) is 19.6 Å². The van der Waals surface area contributed by atoms with Gasteiger partial charge in [0.2, 0.25) is 11.8 Å². The highest BCUT2D eigenvalue weighted by Crippen LogP contribution is 2.33. The molecule has 8 heteroatoms. The van der Waals surface area contributed by atoms with Crippen molar-refractivity contribution in [2.45, 2.75) is 46.2 Å². The molecule has 1 heterocycles. The molecule has 2 amide bonds. The Bertz CT molecular complexity index is 1060. The Morgan fingerprint density at radius 2 is 2.03 bits per heavy atom. The summed E-state index contributed by atoms with van der Waals surface area (Å²) in [6.45, 7) is 5.23. The van der Waals surface area contributed by atoms with E-state index in [4.69, 9.17) is 0 Å². The lowest BCUT2D eigenvalue weighted by Gasteiger charge is -2.15. The lowest BCUT2D eigenvalue weighted by atomic mass is 10.1. The summed E-state index contributed by atoms with van der Waals surface area (Å²) in [5.41, 5.74) is 1.41. The molecule has 0 unspecified atom stereocenters. The lowest BCUT2D eigenvalue weighted by molar-refractivity contribution is -0.122. The Kier molecular flexibility index (Phi) is 5.78. The van der Waals surface area contributed by atoms with Crippen LogP contribution in [0.4, 0.5) is 5.69 Å². The molecule has 3 rings (SSSR count). The maximum absolute atomic E-state index is 12.6. The number of benzene rings is 1. The van der Waals surface area contributed by atoms with E-state index >= 15 is 0 Å². The smallest absolute Gasteiger partial charge is 0.254 e. The van der Waals surface area contributed by atoms with Gasteiger partial charge >= 0.3 is 0 Å². The van der Waals surface area contributed by atoms with Gasteiger partial charge in [-0.3, -0.25) is 19.0 Å². The third kappa shape index (κ3) is 4.88. The van der Waals surface area contributed by atoms with E-state index < -0.39 is 0 Å². The van der Waals surface area contributed by atoms with E-state index in [1.807, 2.05) is 13.8 Å². The van der Waals surface area contributed by atoms with E-state index in [1.54, 1.807) is 25.1 Å². The van der Waals surface area contributed by atoms with Crippen LogP contribution in [0.2, 0.25) is 0 Å². The molecule has 1 aliphatic rings. The SMILES string of the molecule is Cc1nc(-c2ccc(C#N)cc2NC(=O)C2CC2)cc(=O)n1CC(=O)NC(C)C. The van der Waals surface area contributed by atoms with Gasteiger partial charge in [-0.05, 0) is 51.8 Å². The fourth-order valence-corrected chi connectivity index (χ4v) is 2.98. The molecule has 0 radical (unpaired) electrons. The van der Waals surface area contributed by atoms with Crippen molar-refractivity contribution in [3.63, 3.8) is 0 Å². The average molecular weight is 393 g/mol. The van der Waals surface area contributed by atoms with E-state index in [0.29, 0.717) is 28.3 Å². The molecule has 0 bridgehead atoms. The van der Waals surface area contributed by atoms with Crippen molar-refractivity contribution in [3.8, 4) is 17.3 Å². The molecule has 29 heavy (non-hydrogen) atoms. The zero-order valence-electron chi connectivity index (χ0n) is 16.7. The number of nitrogens with zero attached hydrogens (tertiary/aromatic N) is 3. The normalized spacial score (nSPS) is 13.1. The van der Waals surface area contributed by atoms with Crippen molar-refractivity contribution in [3.05, 3.63) is 46.0 Å². The lowest BCUT2D eigenvalue weighted by Crippen LogP contribution is -2.37. The Hall–Kier alpha value is -3.47. The number of hydrogen-bond donors (Lipinski definition) is 2. The summed E-state index contributed by atoms with van der Waals surface area (Å²) >= 11 is 0. The van der Waals surface area contributed by atoms with Crippen molar-refractivity contribution in [2.75, 3.05) is 5.32 Å². The quantitative estimate of drug-likeness (QED) is 0.778. The molecular formula is C21H23N5O3. The standard InChI is InChI=1S/C21H23N5O3/c1-12(2)23-19(27)11-26-13(3)24-18(9-20(26)28)16-7-4-14(10-22)8-17(16)25-21(29)15-5-6-15/h4,7-9,12,15H,5-6,11H2,1-3H3,(H,23,27)(H,25,29). The van der Waals surface area contributed by atoms with E-state index in [1.165, 1.54) is 10.6 Å². The molecular weight excluding hydrogens is 370 g/mol. The Morgan fingerprint density at radius 1 is 1.31 bits per heavy atom. The van der Waals surface area contributed by atoms with Crippen LogP contribution in [-0.2, 0) is 16.1 Å². The van der Waals surface area contributed by atoms with E-state index in [-0.39, 0.29) is 35.9 Å². The zero-order valence-corrected chi connectivity index (χ0v) is 16.7. The number of nitrogens with one attached hydrogen (secondary N) is 2. The molecule has 1 fully saturated rings. The number of carbonyl (C=O) groups is 2. The van der Waals surface area contributed by atoms with Crippen LogP contribution in [0.5, 0.6) is 0 Å². The van der Waals surface area contributed by atoms with Gasteiger partial charge in [-0.1, -0.05) is 0 Å². The average Bonchev–Trinajstić information content (AvgIpc) is 3.49. The Balaban J connectivity index is 1.96. The van der Waals surface area contributed by atoms with Gasteiger partial charge in [-0.15, -0.1) is 0 Å². The van der Waals surface area contributed by atoms with Gasteiger partial charge in [-0.25, -0.2) is 4.98 Å². The number of rotatable bonds is 6. The van der Waals surface area contributed by atoms with Gasteiger partial charge in [0.15, 0.2) is 0 Å². The van der Waals surface area contributed by atoms with Gasteiger partial charge in [0.25, 0.3) is 5.56 Å². The molecule has 1 aliphatic carbocycles. The van der Waals surface area contributed by atoms with Crippen molar-refractivity contribution < 1.29 is 9.59 Å². The molecule has 8 nitrogen and oxygen atoms in total. The molecule has 0 aliphatic heterocycles. The number of carbonyl (C=O) groups excluding carboxylic acids is 2. The van der Waals surface area contributed by atoms with Crippen LogP contribution in [0.15, 0.2) is 29.1 Å². The fraction of sp³-hybridized carbons (Fsp3) is 0.381. The monoisotopic (exact) mass is 393 g/mol. The van der Waals surface area contributed by atoms with Crippen molar-refractivity contribution in [2.24, 2.45) is 5.92 Å². The van der Waals surface area contributed by atoms with Crippen LogP contribution in [0, 0.1) is 24.2 Å². The van der Waals surface area contributed by atoms with Crippen LogP contribution < -0.4 is 16.2 Å². The van der Waals surface area contributed by atoms with Gasteiger partial charge in [-0.2, -0.15) is 5.26 Å². The summed E-state index contributed by atoms with van der Waals surface area (Å²) in [5, 5.41) is 14.8. The molecule has 150 valence electrons. The van der Waals surface area contributed by atoms with Gasteiger partial charge in [0, 0.05) is 23.6 Å². The van der Waals surface area contributed by atoms with Gasteiger partial charge in [0.1, 0.15) is 12.4 Å². The fourth-order valence-electron chi connectivity index (χ4n) is 2.98. The Labute approximate surface area is 168 Å². The highest BCUT2D eigenvalue weighted by atomic mass is 16.2. The second-order valence-corrected chi connectivity index (χ2v) is 7.47. The van der Waals surface area contributed by atoms with E-state index in [2.05, 4.69) is 21.7 Å². The van der Waals surface area contributed by atoms with E-state index in [0.717, 1.165) is 12.8 Å². The first-order valence-electron chi connectivity index (χ1n) is 9.51. The van der Waals surface area contributed by atoms with Crippen LogP contribution in [0.25, 0.3) is 11.3 Å². The molecule has 1 aromatic carbocycles. The highest BCUT2D eigenvalue weighted by Gasteiger charge is 2.30. The maximum atomic E-state index is 12.6. The van der Waals surface area contributed by atoms with Crippen LogP contribution in [0.1, 0.15) is 38.1 Å². The molecule has 0 saturated heterocycles. The predicted molar refractivity (Wildman–Crippen MR) is 108 cm³/mol. The summed E-state index contributed by atoms with van der Waals surface area (Å²) < 4.78 is 1.30. The minimum absolute atomic E-state index is 0.00393. The summed E-state index contributed by atoms with van der Waals surface area (Å²) in [4.78, 5) is 41.4. The maximum Gasteiger partial charge on any atom is 0.254 e. The largest absolute Gasteiger partial charge is 0.352 e. The molecule has 2 N–H and O–H groups in total. The summed E-state index contributed by atoms with van der Waals surface area (Å²) in [6, 6.07) is 8.22. The Morgan fingerprint density at radius 3 is 2.62 bits per heavy atom. The molecule has 1 aromatic heterocycles. The minimum atomic E-state index is -0.366. The summed E-state index contributed by atoms with van der Waals surface area (Å²) in [5.74, 6) is 0.0123. The van der Waals surface area contributed by atoms with Crippen LogP contribution in [-0.4, -0.2) is 27.4 Å². The number of anilines is 1. The molecule has 2 aromatic rings. The number of aryl methyl sites for hydroxylation is 1. The molecule has 0 atom stereocenters. The van der Waals surface area contributed by atoms with Crippen molar-refractivity contribution in [1.29, 1.82) is 5.26 Å². The van der Waals surface area contributed by atoms with Crippen molar-refractivity contribution in [1.82, 2.24) is 14.9 Å². The van der Waals surface area contributed by atoms with Crippen LogP contribution >= 0.6 is 0 Å². The van der Waals surface area contributed by atoms with Crippen molar-refractivity contribution >= 4 is 17.5 Å². The molecule has 0 spiro atoms. The van der Waals surface area contributed by atoms with Gasteiger partial charge in [0.05, 0.1) is 23.0 Å². The first-order valence-corrected chi connectivity index (χ1v) is 9.51. The van der Waals surface area contributed by atoms with Gasteiger partial charge < -0.3 is 10.6 Å². The third-order valence-corrected chi connectivity index (χ3v) is 4.58. The second-order valence-electron chi connectivity index (χ2n) is 7.47. The number of amides is 2. The number of nitriles is 1. The second kappa shape index (κ2) is 8.27. The van der Waals surface area contributed by atoms with Crippen LogP contribution in [0.3, 0.4) is 0 Å². The zero-order chi connectivity index (χ0) is 21.1. The first kappa shape index (κ1) is 20.3. The first-order chi connectivity index (χ1) is 13.8. The topological polar surface area (TPSA) is 117 Å². The summed E-state index contributed by atoms with van der Waals surface area (Å²) in [7, 11) is 0. The number of aromatic nitrogens is 2. The third-order valence-electron chi connectivity index (χ3n) is 4.58. The minimum Gasteiger partial charge on any atom is -0.352 e. The molecule has 1 saturated carbocycles.